The highest BCUT2D eigenvalue weighted by Crippen LogP contribution is 2.22. The predicted molar refractivity (Wildman–Crippen MR) is 101 cm³/mol. The van der Waals surface area contributed by atoms with Crippen molar-refractivity contribution in [2.45, 2.75) is 23.6 Å². The molecular formula is C16H18N4O7S2. The number of ether oxygens (including phenoxy) is 1. The lowest BCUT2D eigenvalue weighted by atomic mass is 10.4. The van der Waals surface area contributed by atoms with Crippen LogP contribution in [0.3, 0.4) is 0 Å². The SMILES string of the molecule is COC(=O)CS(=O)(=O)c1ccccc1S(=O)(=O)NC(=O)Nc1nc(C)cc(C)n1. The number of aryl methyl sites for hydroxylation is 2. The van der Waals surface area contributed by atoms with Gasteiger partial charge in [0.1, 0.15) is 4.90 Å². The Morgan fingerprint density at radius 1 is 1.00 bits per heavy atom. The molecule has 2 N–H and O–H groups in total. The van der Waals surface area contributed by atoms with Gasteiger partial charge in [0.2, 0.25) is 5.95 Å². The smallest absolute Gasteiger partial charge is 0.335 e. The van der Waals surface area contributed by atoms with E-state index in [1.54, 1.807) is 24.6 Å². The first-order valence-electron chi connectivity index (χ1n) is 7.99. The Balaban J connectivity index is 2.32. The van der Waals surface area contributed by atoms with Gasteiger partial charge in [0, 0.05) is 11.4 Å². The number of esters is 1. The van der Waals surface area contributed by atoms with Crippen molar-refractivity contribution in [3.63, 3.8) is 0 Å². The molecule has 0 fully saturated rings. The summed E-state index contributed by atoms with van der Waals surface area (Å²) in [5.41, 5.74) is 1.10. The van der Waals surface area contributed by atoms with Crippen LogP contribution >= 0.6 is 0 Å². The van der Waals surface area contributed by atoms with Gasteiger partial charge in [-0.15, -0.1) is 0 Å². The first-order chi connectivity index (χ1) is 13.4. The minimum Gasteiger partial charge on any atom is -0.468 e. The van der Waals surface area contributed by atoms with E-state index in [0.717, 1.165) is 19.2 Å². The molecule has 0 unspecified atom stereocenters. The Kier molecular flexibility index (Phi) is 6.54. The monoisotopic (exact) mass is 442 g/mol. The predicted octanol–water partition coefficient (Wildman–Crippen LogP) is 0.551. The molecule has 0 saturated heterocycles. The Bertz CT molecular complexity index is 1140. The number of urea groups is 1. The molecule has 0 aliphatic heterocycles. The molecule has 2 aromatic rings. The Morgan fingerprint density at radius 2 is 1.55 bits per heavy atom. The van der Waals surface area contributed by atoms with Gasteiger partial charge in [-0.2, -0.15) is 0 Å². The molecule has 0 atom stereocenters. The number of anilines is 1. The highest BCUT2D eigenvalue weighted by Gasteiger charge is 2.29. The minimum absolute atomic E-state index is 0.123. The summed E-state index contributed by atoms with van der Waals surface area (Å²) in [6.45, 7) is 3.33. The van der Waals surface area contributed by atoms with Crippen LogP contribution in [0.2, 0.25) is 0 Å². The molecule has 1 heterocycles. The van der Waals surface area contributed by atoms with Gasteiger partial charge in [-0.25, -0.2) is 36.3 Å². The molecule has 2 amide bonds. The Hall–Kier alpha value is -3.06. The topological polar surface area (TPSA) is 161 Å². The molecule has 0 radical (unpaired) electrons. The lowest BCUT2D eigenvalue weighted by Crippen LogP contribution is -2.35. The van der Waals surface area contributed by atoms with E-state index in [1.807, 2.05) is 0 Å². The van der Waals surface area contributed by atoms with Crippen molar-refractivity contribution in [1.82, 2.24) is 14.7 Å². The number of hydrogen-bond donors (Lipinski definition) is 2. The maximum atomic E-state index is 12.6. The highest BCUT2D eigenvalue weighted by atomic mass is 32.2. The van der Waals surface area contributed by atoms with Gasteiger partial charge in [-0.05, 0) is 32.0 Å². The molecule has 0 bridgehead atoms. The van der Waals surface area contributed by atoms with Gasteiger partial charge in [0.05, 0.1) is 12.0 Å². The second-order valence-electron chi connectivity index (χ2n) is 5.82. The zero-order valence-corrected chi connectivity index (χ0v) is 17.3. The maximum absolute atomic E-state index is 12.6. The van der Waals surface area contributed by atoms with Gasteiger partial charge in [-0.1, -0.05) is 12.1 Å². The number of nitrogens with one attached hydrogen (secondary N) is 2. The number of aromatic nitrogens is 2. The molecule has 0 saturated carbocycles. The normalized spacial score (nSPS) is 11.6. The summed E-state index contributed by atoms with van der Waals surface area (Å²) in [6, 6.07) is 5.03. The summed E-state index contributed by atoms with van der Waals surface area (Å²) in [6.07, 6.45) is 0. The summed E-state index contributed by atoms with van der Waals surface area (Å²) >= 11 is 0. The van der Waals surface area contributed by atoms with Crippen LogP contribution in [0, 0.1) is 13.8 Å². The van der Waals surface area contributed by atoms with Crippen molar-refractivity contribution in [3.05, 3.63) is 41.7 Å². The van der Waals surface area contributed by atoms with E-state index >= 15 is 0 Å². The molecule has 1 aromatic carbocycles. The van der Waals surface area contributed by atoms with Crippen LogP contribution in [0.5, 0.6) is 0 Å². The number of nitrogens with zero attached hydrogens (tertiary/aromatic N) is 2. The molecule has 29 heavy (non-hydrogen) atoms. The van der Waals surface area contributed by atoms with Crippen LogP contribution < -0.4 is 10.0 Å². The van der Waals surface area contributed by atoms with Crippen molar-refractivity contribution in [1.29, 1.82) is 0 Å². The molecule has 156 valence electrons. The average Bonchev–Trinajstić information content (AvgIpc) is 2.59. The van der Waals surface area contributed by atoms with Crippen molar-refractivity contribution in [2.24, 2.45) is 0 Å². The molecular weight excluding hydrogens is 424 g/mol. The van der Waals surface area contributed by atoms with E-state index in [4.69, 9.17) is 0 Å². The van der Waals surface area contributed by atoms with Gasteiger partial charge < -0.3 is 4.74 Å². The number of carbonyl (C=O) groups is 2. The Labute approximate surface area is 167 Å². The number of sulfone groups is 1. The third-order valence-electron chi connectivity index (χ3n) is 3.44. The zero-order valence-electron chi connectivity index (χ0n) is 15.7. The fourth-order valence-electron chi connectivity index (χ4n) is 2.31. The summed E-state index contributed by atoms with van der Waals surface area (Å²) < 4.78 is 56.0. The fraction of sp³-hybridized carbons (Fsp3) is 0.250. The average molecular weight is 442 g/mol. The number of amides is 2. The molecule has 0 aliphatic rings. The number of methoxy groups -OCH3 is 1. The summed E-state index contributed by atoms with van der Waals surface area (Å²) in [4.78, 5) is 30.0. The molecule has 0 spiro atoms. The van der Waals surface area contributed by atoms with Gasteiger partial charge in [0.15, 0.2) is 15.6 Å². The molecule has 0 aliphatic carbocycles. The van der Waals surface area contributed by atoms with Crippen molar-refractivity contribution < 1.29 is 31.2 Å². The van der Waals surface area contributed by atoms with Crippen molar-refractivity contribution >= 4 is 37.8 Å². The highest BCUT2D eigenvalue weighted by molar-refractivity contribution is 7.94. The standard InChI is InChI=1S/C16H18N4O7S2/c1-10-8-11(2)18-15(17-10)19-16(22)20-29(25,26)13-7-5-4-6-12(13)28(23,24)9-14(21)27-3/h4-8H,9H2,1-3H3,(H2,17,18,19,20,22). The summed E-state index contributed by atoms with van der Waals surface area (Å²) in [7, 11) is -7.95. The van der Waals surface area contributed by atoms with Gasteiger partial charge in [0.25, 0.3) is 10.0 Å². The number of benzene rings is 1. The molecule has 13 heteroatoms. The first-order valence-corrected chi connectivity index (χ1v) is 11.1. The lowest BCUT2D eigenvalue weighted by Gasteiger charge is -2.12. The largest absolute Gasteiger partial charge is 0.468 e. The van der Waals surface area contributed by atoms with E-state index in [2.05, 4.69) is 20.0 Å². The van der Waals surface area contributed by atoms with Crippen molar-refractivity contribution in [2.75, 3.05) is 18.2 Å². The maximum Gasteiger partial charge on any atom is 0.335 e. The van der Waals surface area contributed by atoms with Crippen LogP contribution in [0.25, 0.3) is 0 Å². The van der Waals surface area contributed by atoms with E-state index in [9.17, 15) is 26.4 Å². The van der Waals surface area contributed by atoms with E-state index < -0.39 is 47.4 Å². The van der Waals surface area contributed by atoms with Crippen LogP contribution in [0.15, 0.2) is 40.1 Å². The molecule has 2 rings (SSSR count). The lowest BCUT2D eigenvalue weighted by molar-refractivity contribution is -0.137. The van der Waals surface area contributed by atoms with E-state index in [-0.39, 0.29) is 5.95 Å². The summed E-state index contributed by atoms with van der Waals surface area (Å²) in [5, 5.41) is 2.17. The van der Waals surface area contributed by atoms with Crippen LogP contribution in [-0.4, -0.2) is 51.7 Å². The third kappa shape index (κ3) is 5.71. The minimum atomic E-state index is -4.61. The van der Waals surface area contributed by atoms with E-state index in [0.29, 0.717) is 11.4 Å². The third-order valence-corrected chi connectivity index (χ3v) is 6.60. The first kappa shape index (κ1) is 22.2. The number of rotatable bonds is 6. The van der Waals surface area contributed by atoms with Crippen LogP contribution in [0.1, 0.15) is 11.4 Å². The molecule has 1 aromatic heterocycles. The quantitative estimate of drug-likeness (QED) is 0.608. The van der Waals surface area contributed by atoms with Gasteiger partial charge >= 0.3 is 12.0 Å². The van der Waals surface area contributed by atoms with Crippen LogP contribution in [0.4, 0.5) is 10.7 Å². The number of carbonyl (C=O) groups excluding carboxylic acids is 2. The fourth-order valence-corrected chi connectivity index (χ4v) is 5.26. The van der Waals surface area contributed by atoms with E-state index in [1.165, 1.54) is 12.1 Å². The van der Waals surface area contributed by atoms with Crippen molar-refractivity contribution in [3.8, 4) is 0 Å². The zero-order chi connectivity index (χ0) is 21.8. The summed E-state index contributed by atoms with van der Waals surface area (Å²) in [5.74, 6) is -2.24. The Morgan fingerprint density at radius 3 is 2.10 bits per heavy atom. The van der Waals surface area contributed by atoms with Gasteiger partial charge in [-0.3, -0.25) is 10.1 Å². The second kappa shape index (κ2) is 8.53. The van der Waals surface area contributed by atoms with Crippen LogP contribution in [-0.2, 0) is 29.4 Å². The molecule has 11 nitrogen and oxygen atoms in total. The number of sulfonamides is 1. The number of hydrogen-bond acceptors (Lipinski definition) is 9. The second-order valence-corrected chi connectivity index (χ2v) is 9.42.